The predicted molar refractivity (Wildman–Crippen MR) is 77.4 cm³/mol. The van der Waals surface area contributed by atoms with Gasteiger partial charge < -0.3 is 15.2 Å². The number of imidazole rings is 1. The van der Waals surface area contributed by atoms with Gasteiger partial charge in [0.2, 0.25) is 0 Å². The van der Waals surface area contributed by atoms with Crippen molar-refractivity contribution >= 4 is 5.82 Å². The Bertz CT molecular complexity index is 541. The van der Waals surface area contributed by atoms with Crippen molar-refractivity contribution in [1.82, 2.24) is 24.8 Å². The van der Waals surface area contributed by atoms with Crippen LogP contribution in [-0.2, 0) is 13.6 Å². The van der Waals surface area contributed by atoms with Crippen LogP contribution in [0.25, 0.3) is 0 Å². The lowest BCUT2D eigenvalue weighted by Gasteiger charge is -2.21. The van der Waals surface area contributed by atoms with Gasteiger partial charge in [0.05, 0.1) is 24.6 Å². The molecule has 0 radical (unpaired) electrons. The molecule has 0 bridgehead atoms. The van der Waals surface area contributed by atoms with Crippen LogP contribution in [0.15, 0.2) is 24.8 Å². The van der Waals surface area contributed by atoms with Gasteiger partial charge in [0.1, 0.15) is 11.6 Å². The third-order valence-corrected chi connectivity index (χ3v) is 3.74. The van der Waals surface area contributed by atoms with Crippen molar-refractivity contribution in [3.63, 3.8) is 0 Å². The zero-order valence-electron chi connectivity index (χ0n) is 11.7. The Morgan fingerprint density at radius 1 is 1.35 bits per heavy atom. The SMILES string of the molecule is Cn1ccnc1CNc1cnc([C@@H]2CCCNC2)cn1. The highest BCUT2D eigenvalue weighted by atomic mass is 15.1. The minimum Gasteiger partial charge on any atom is -0.362 e. The van der Waals surface area contributed by atoms with E-state index in [1.807, 2.05) is 30.2 Å². The molecule has 0 amide bonds. The van der Waals surface area contributed by atoms with Gasteiger partial charge in [-0.15, -0.1) is 0 Å². The molecule has 6 heteroatoms. The van der Waals surface area contributed by atoms with Crippen molar-refractivity contribution in [3.8, 4) is 0 Å². The number of hydrogen-bond donors (Lipinski definition) is 2. The molecule has 1 fully saturated rings. The molecule has 3 rings (SSSR count). The van der Waals surface area contributed by atoms with Crippen LogP contribution < -0.4 is 10.6 Å². The van der Waals surface area contributed by atoms with Crippen molar-refractivity contribution < 1.29 is 0 Å². The molecular formula is C14H20N6. The molecule has 2 aromatic heterocycles. The third-order valence-electron chi connectivity index (χ3n) is 3.74. The zero-order chi connectivity index (χ0) is 13.8. The molecule has 0 unspecified atom stereocenters. The second-order valence-electron chi connectivity index (χ2n) is 5.18. The van der Waals surface area contributed by atoms with E-state index in [2.05, 4.69) is 25.6 Å². The molecule has 3 heterocycles. The van der Waals surface area contributed by atoms with Crippen molar-refractivity contribution in [1.29, 1.82) is 0 Å². The molecule has 2 N–H and O–H groups in total. The first kappa shape index (κ1) is 13.1. The van der Waals surface area contributed by atoms with Gasteiger partial charge in [-0.05, 0) is 19.4 Å². The highest BCUT2D eigenvalue weighted by Gasteiger charge is 2.16. The minimum absolute atomic E-state index is 0.500. The lowest BCUT2D eigenvalue weighted by Crippen LogP contribution is -2.28. The number of rotatable bonds is 4. The van der Waals surface area contributed by atoms with E-state index in [9.17, 15) is 0 Å². The van der Waals surface area contributed by atoms with Crippen LogP contribution in [0.3, 0.4) is 0 Å². The van der Waals surface area contributed by atoms with Gasteiger partial charge in [0.25, 0.3) is 0 Å². The molecule has 1 aliphatic rings. The van der Waals surface area contributed by atoms with Gasteiger partial charge >= 0.3 is 0 Å². The molecule has 0 aliphatic carbocycles. The summed E-state index contributed by atoms with van der Waals surface area (Å²) < 4.78 is 1.99. The Kier molecular flexibility index (Phi) is 3.92. The number of nitrogens with one attached hydrogen (secondary N) is 2. The summed E-state index contributed by atoms with van der Waals surface area (Å²) >= 11 is 0. The van der Waals surface area contributed by atoms with Gasteiger partial charge in [-0.1, -0.05) is 0 Å². The molecule has 0 spiro atoms. The number of nitrogens with zero attached hydrogens (tertiary/aromatic N) is 4. The van der Waals surface area contributed by atoms with Crippen LogP contribution >= 0.6 is 0 Å². The lowest BCUT2D eigenvalue weighted by atomic mass is 9.97. The van der Waals surface area contributed by atoms with Gasteiger partial charge in [-0.25, -0.2) is 9.97 Å². The fraction of sp³-hybridized carbons (Fsp3) is 0.500. The van der Waals surface area contributed by atoms with Crippen LogP contribution in [0, 0.1) is 0 Å². The molecule has 106 valence electrons. The average molecular weight is 272 g/mol. The van der Waals surface area contributed by atoms with Gasteiger partial charge in [0.15, 0.2) is 0 Å². The first-order valence-corrected chi connectivity index (χ1v) is 7.05. The second kappa shape index (κ2) is 6.00. The Balaban J connectivity index is 1.59. The summed E-state index contributed by atoms with van der Waals surface area (Å²) in [6.07, 6.45) is 9.84. The van der Waals surface area contributed by atoms with Gasteiger partial charge in [0, 0.05) is 31.9 Å². The summed E-state index contributed by atoms with van der Waals surface area (Å²) in [6.45, 7) is 2.78. The van der Waals surface area contributed by atoms with Crippen LogP contribution in [0.5, 0.6) is 0 Å². The number of hydrogen-bond acceptors (Lipinski definition) is 5. The van der Waals surface area contributed by atoms with Gasteiger partial charge in [-0.3, -0.25) is 4.98 Å². The Morgan fingerprint density at radius 3 is 2.95 bits per heavy atom. The van der Waals surface area contributed by atoms with Crippen molar-refractivity contribution in [2.45, 2.75) is 25.3 Å². The number of piperidine rings is 1. The van der Waals surface area contributed by atoms with E-state index in [4.69, 9.17) is 0 Å². The molecule has 1 aliphatic heterocycles. The van der Waals surface area contributed by atoms with Crippen LogP contribution in [0.4, 0.5) is 5.82 Å². The topological polar surface area (TPSA) is 67.7 Å². The molecule has 2 aromatic rings. The summed E-state index contributed by atoms with van der Waals surface area (Å²) in [6, 6.07) is 0. The van der Waals surface area contributed by atoms with Crippen molar-refractivity contribution in [3.05, 3.63) is 36.3 Å². The van der Waals surface area contributed by atoms with E-state index in [0.717, 1.165) is 30.4 Å². The number of anilines is 1. The van der Waals surface area contributed by atoms with Crippen LogP contribution in [0.2, 0.25) is 0 Å². The Hall–Kier alpha value is -1.95. The maximum atomic E-state index is 4.53. The molecule has 6 nitrogen and oxygen atoms in total. The van der Waals surface area contributed by atoms with Crippen LogP contribution in [0.1, 0.15) is 30.3 Å². The van der Waals surface area contributed by atoms with E-state index in [1.54, 1.807) is 6.20 Å². The van der Waals surface area contributed by atoms with Crippen molar-refractivity contribution in [2.24, 2.45) is 7.05 Å². The minimum atomic E-state index is 0.500. The van der Waals surface area contributed by atoms with Crippen molar-refractivity contribution in [2.75, 3.05) is 18.4 Å². The van der Waals surface area contributed by atoms with E-state index in [1.165, 1.54) is 12.8 Å². The summed E-state index contributed by atoms with van der Waals surface area (Å²) in [7, 11) is 1.98. The monoisotopic (exact) mass is 272 g/mol. The zero-order valence-corrected chi connectivity index (χ0v) is 11.7. The highest BCUT2D eigenvalue weighted by molar-refractivity contribution is 5.31. The Morgan fingerprint density at radius 2 is 2.30 bits per heavy atom. The predicted octanol–water partition coefficient (Wildman–Crippen LogP) is 1.29. The van der Waals surface area contributed by atoms with E-state index in [-0.39, 0.29) is 0 Å². The quantitative estimate of drug-likeness (QED) is 0.878. The number of aromatic nitrogens is 4. The lowest BCUT2D eigenvalue weighted by molar-refractivity contribution is 0.454. The fourth-order valence-corrected chi connectivity index (χ4v) is 2.48. The van der Waals surface area contributed by atoms with Crippen LogP contribution in [-0.4, -0.2) is 32.6 Å². The van der Waals surface area contributed by atoms with Gasteiger partial charge in [-0.2, -0.15) is 0 Å². The summed E-state index contributed by atoms with van der Waals surface area (Å²) in [5.74, 6) is 2.27. The third kappa shape index (κ3) is 2.96. The molecule has 1 atom stereocenters. The Labute approximate surface area is 118 Å². The first-order valence-electron chi connectivity index (χ1n) is 7.05. The number of aryl methyl sites for hydroxylation is 1. The molecular weight excluding hydrogens is 252 g/mol. The molecule has 0 saturated carbocycles. The fourth-order valence-electron chi connectivity index (χ4n) is 2.48. The first-order chi connectivity index (χ1) is 9.83. The molecule has 20 heavy (non-hydrogen) atoms. The highest BCUT2D eigenvalue weighted by Crippen LogP contribution is 2.21. The average Bonchev–Trinajstić information content (AvgIpc) is 2.92. The summed E-state index contributed by atoms with van der Waals surface area (Å²) in [5, 5.41) is 6.65. The smallest absolute Gasteiger partial charge is 0.144 e. The normalized spacial score (nSPS) is 18.9. The molecule has 1 saturated heterocycles. The summed E-state index contributed by atoms with van der Waals surface area (Å²) in [5.41, 5.74) is 1.08. The summed E-state index contributed by atoms with van der Waals surface area (Å²) in [4.78, 5) is 13.2. The molecule has 0 aromatic carbocycles. The van der Waals surface area contributed by atoms with E-state index >= 15 is 0 Å². The standard InChI is InChI=1S/C14H20N6/c1-20-6-5-16-14(20)10-19-13-9-17-12(8-18-13)11-3-2-4-15-7-11/h5-6,8-9,11,15H,2-4,7,10H2,1H3,(H,18,19)/t11-/m1/s1. The van der Waals surface area contributed by atoms with E-state index < -0.39 is 0 Å². The second-order valence-corrected chi connectivity index (χ2v) is 5.18. The largest absolute Gasteiger partial charge is 0.362 e. The maximum absolute atomic E-state index is 4.53. The van der Waals surface area contributed by atoms with E-state index in [0.29, 0.717) is 12.5 Å². The maximum Gasteiger partial charge on any atom is 0.144 e.